The molecule has 2 atom stereocenters. The molecule has 1 fully saturated rings. The van der Waals surface area contributed by atoms with Crippen LogP contribution in [0.5, 0.6) is 5.75 Å². The second kappa shape index (κ2) is 7.42. The van der Waals surface area contributed by atoms with E-state index >= 15 is 0 Å². The molecule has 1 aliphatic rings. The molecular weight excluding hydrogens is 321 g/mol. The number of hydrogen-bond donors (Lipinski definition) is 2. The van der Waals surface area contributed by atoms with Crippen LogP contribution in [0.2, 0.25) is 0 Å². The van der Waals surface area contributed by atoms with Crippen LogP contribution in [-0.4, -0.2) is 18.1 Å². The first kappa shape index (κ1) is 18.6. The van der Waals surface area contributed by atoms with Crippen LogP contribution >= 0.6 is 0 Å². The van der Waals surface area contributed by atoms with E-state index in [1.54, 1.807) is 13.8 Å². The fourth-order valence-electron chi connectivity index (χ4n) is 2.90. The van der Waals surface area contributed by atoms with E-state index in [9.17, 15) is 18.0 Å². The molecule has 0 aliphatic heterocycles. The van der Waals surface area contributed by atoms with Gasteiger partial charge in [0.05, 0.1) is 11.7 Å². The van der Waals surface area contributed by atoms with E-state index in [-0.39, 0.29) is 41.8 Å². The number of ether oxygens (including phenoxy) is 1. The number of hydrogen-bond acceptors (Lipinski definition) is 3. The number of rotatable bonds is 5. The first-order valence-corrected chi connectivity index (χ1v) is 8.07. The molecule has 0 radical (unpaired) electrons. The van der Waals surface area contributed by atoms with E-state index in [0.29, 0.717) is 12.8 Å². The van der Waals surface area contributed by atoms with Gasteiger partial charge in [-0.3, -0.25) is 4.79 Å². The number of halogens is 3. The van der Waals surface area contributed by atoms with Crippen molar-refractivity contribution in [3.8, 4) is 5.75 Å². The molecule has 0 aromatic heterocycles. The van der Waals surface area contributed by atoms with Gasteiger partial charge in [-0.25, -0.2) is 0 Å². The summed E-state index contributed by atoms with van der Waals surface area (Å²) in [6, 6.07) is 3.81. The van der Waals surface area contributed by atoms with Gasteiger partial charge >= 0.3 is 6.18 Å². The Labute approximate surface area is 139 Å². The normalized spacial score (nSPS) is 21.1. The third-order valence-electron chi connectivity index (χ3n) is 4.06. The zero-order chi connectivity index (χ0) is 17.9. The largest absolute Gasteiger partial charge is 0.491 e. The third kappa shape index (κ3) is 4.87. The monoisotopic (exact) mass is 344 g/mol. The standard InChI is InChI=1S/C17H23F3N2O2/c1-10(2)24-14-6-4-12(15(8-14)17(18,19)20)9-22-16(23)11-3-5-13(21)7-11/h4,6,8,10-11,13H,3,5,7,9,21H2,1-2H3,(H,22,23). The summed E-state index contributed by atoms with van der Waals surface area (Å²) in [5.74, 6) is -0.286. The minimum absolute atomic E-state index is 0.000971. The average molecular weight is 344 g/mol. The van der Waals surface area contributed by atoms with Gasteiger partial charge in [0.1, 0.15) is 5.75 Å². The van der Waals surface area contributed by atoms with Crippen LogP contribution in [0.25, 0.3) is 0 Å². The molecule has 1 aromatic carbocycles. The average Bonchev–Trinajstić information content (AvgIpc) is 2.90. The number of benzene rings is 1. The molecular formula is C17H23F3N2O2. The van der Waals surface area contributed by atoms with E-state index in [1.165, 1.54) is 12.1 Å². The Morgan fingerprint density at radius 1 is 1.38 bits per heavy atom. The first-order chi connectivity index (χ1) is 11.2. The van der Waals surface area contributed by atoms with Crippen molar-refractivity contribution in [3.05, 3.63) is 29.3 Å². The van der Waals surface area contributed by atoms with Crippen molar-refractivity contribution >= 4 is 5.91 Å². The summed E-state index contributed by atoms with van der Waals surface area (Å²) in [6.07, 6.45) is -2.69. The number of carbonyl (C=O) groups is 1. The number of nitrogens with two attached hydrogens (primary N) is 1. The molecule has 4 nitrogen and oxygen atoms in total. The molecule has 1 amide bonds. The summed E-state index contributed by atoms with van der Waals surface area (Å²) in [6.45, 7) is 3.32. The molecule has 0 bridgehead atoms. The highest BCUT2D eigenvalue weighted by Crippen LogP contribution is 2.35. The van der Waals surface area contributed by atoms with E-state index in [4.69, 9.17) is 10.5 Å². The summed E-state index contributed by atoms with van der Waals surface area (Å²) < 4.78 is 45.1. The molecule has 2 rings (SSSR count). The lowest BCUT2D eigenvalue weighted by Gasteiger charge is -2.17. The first-order valence-electron chi connectivity index (χ1n) is 8.07. The van der Waals surface area contributed by atoms with Crippen molar-refractivity contribution in [2.24, 2.45) is 11.7 Å². The maximum atomic E-state index is 13.3. The van der Waals surface area contributed by atoms with Crippen LogP contribution in [0.4, 0.5) is 13.2 Å². The van der Waals surface area contributed by atoms with Crippen molar-refractivity contribution in [3.63, 3.8) is 0 Å². The Morgan fingerprint density at radius 2 is 2.08 bits per heavy atom. The lowest BCUT2D eigenvalue weighted by atomic mass is 10.0. The minimum Gasteiger partial charge on any atom is -0.491 e. The molecule has 7 heteroatoms. The number of alkyl halides is 3. The Kier molecular flexibility index (Phi) is 5.74. The van der Waals surface area contributed by atoms with Gasteiger partial charge in [0.25, 0.3) is 0 Å². The predicted octanol–water partition coefficient (Wildman–Crippen LogP) is 3.24. The minimum atomic E-state index is -4.51. The van der Waals surface area contributed by atoms with Crippen LogP contribution in [-0.2, 0) is 17.5 Å². The zero-order valence-electron chi connectivity index (χ0n) is 13.8. The predicted molar refractivity (Wildman–Crippen MR) is 84.4 cm³/mol. The molecule has 1 saturated carbocycles. The number of carbonyl (C=O) groups excluding carboxylic acids is 1. The van der Waals surface area contributed by atoms with Gasteiger partial charge in [-0.2, -0.15) is 13.2 Å². The van der Waals surface area contributed by atoms with E-state index < -0.39 is 11.7 Å². The van der Waals surface area contributed by atoms with E-state index in [1.807, 2.05) is 0 Å². The van der Waals surface area contributed by atoms with Gasteiger partial charge in [-0.15, -0.1) is 0 Å². The summed E-state index contributed by atoms with van der Waals surface area (Å²) in [5.41, 5.74) is 5.00. The van der Waals surface area contributed by atoms with Gasteiger partial charge in [-0.05, 0) is 50.8 Å². The van der Waals surface area contributed by atoms with Gasteiger partial charge < -0.3 is 15.8 Å². The molecule has 134 valence electrons. The fraction of sp³-hybridized carbons (Fsp3) is 0.588. The van der Waals surface area contributed by atoms with Gasteiger partial charge in [-0.1, -0.05) is 6.07 Å². The van der Waals surface area contributed by atoms with Crippen LogP contribution < -0.4 is 15.8 Å². The van der Waals surface area contributed by atoms with Crippen molar-refractivity contribution < 1.29 is 22.7 Å². The maximum absolute atomic E-state index is 13.3. The quantitative estimate of drug-likeness (QED) is 0.862. The molecule has 0 heterocycles. The number of amides is 1. The molecule has 2 unspecified atom stereocenters. The molecule has 0 saturated heterocycles. The summed E-state index contributed by atoms with van der Waals surface area (Å²) in [5, 5.41) is 2.60. The van der Waals surface area contributed by atoms with E-state index in [0.717, 1.165) is 12.5 Å². The van der Waals surface area contributed by atoms with Crippen molar-refractivity contribution in [2.45, 2.75) is 58.0 Å². The van der Waals surface area contributed by atoms with Crippen molar-refractivity contribution in [1.29, 1.82) is 0 Å². The smallest absolute Gasteiger partial charge is 0.416 e. The van der Waals surface area contributed by atoms with Gasteiger partial charge in [0, 0.05) is 18.5 Å². The molecule has 1 aliphatic carbocycles. The van der Waals surface area contributed by atoms with Gasteiger partial charge in [0.2, 0.25) is 5.91 Å². The third-order valence-corrected chi connectivity index (χ3v) is 4.06. The highest BCUT2D eigenvalue weighted by molar-refractivity contribution is 5.79. The molecule has 24 heavy (non-hydrogen) atoms. The van der Waals surface area contributed by atoms with Crippen molar-refractivity contribution in [2.75, 3.05) is 0 Å². The molecule has 3 N–H and O–H groups in total. The summed E-state index contributed by atoms with van der Waals surface area (Å²) in [7, 11) is 0. The number of nitrogens with one attached hydrogen (secondary N) is 1. The Balaban J connectivity index is 2.09. The van der Waals surface area contributed by atoms with Crippen LogP contribution in [0, 0.1) is 5.92 Å². The maximum Gasteiger partial charge on any atom is 0.416 e. The lowest BCUT2D eigenvalue weighted by Crippen LogP contribution is -2.30. The van der Waals surface area contributed by atoms with Gasteiger partial charge in [0.15, 0.2) is 0 Å². The lowest BCUT2D eigenvalue weighted by molar-refractivity contribution is -0.138. The Bertz CT molecular complexity index is 588. The zero-order valence-corrected chi connectivity index (χ0v) is 13.8. The van der Waals surface area contributed by atoms with Crippen LogP contribution in [0.15, 0.2) is 18.2 Å². The SMILES string of the molecule is CC(C)Oc1ccc(CNC(=O)C2CCC(N)C2)c(C(F)(F)F)c1. The summed E-state index contributed by atoms with van der Waals surface area (Å²) >= 11 is 0. The second-order valence-corrected chi connectivity index (χ2v) is 6.47. The van der Waals surface area contributed by atoms with Crippen LogP contribution in [0.3, 0.4) is 0 Å². The van der Waals surface area contributed by atoms with Crippen LogP contribution in [0.1, 0.15) is 44.2 Å². The Morgan fingerprint density at radius 3 is 2.62 bits per heavy atom. The fourth-order valence-corrected chi connectivity index (χ4v) is 2.90. The highest BCUT2D eigenvalue weighted by Gasteiger charge is 2.34. The molecule has 1 aromatic rings. The molecule has 0 spiro atoms. The second-order valence-electron chi connectivity index (χ2n) is 6.47. The Hall–Kier alpha value is -1.76. The topological polar surface area (TPSA) is 64.3 Å². The summed E-state index contributed by atoms with van der Waals surface area (Å²) in [4.78, 5) is 12.1. The van der Waals surface area contributed by atoms with Crippen molar-refractivity contribution in [1.82, 2.24) is 5.32 Å². The highest BCUT2D eigenvalue weighted by atomic mass is 19.4. The van der Waals surface area contributed by atoms with E-state index in [2.05, 4.69) is 5.32 Å².